The maximum atomic E-state index is 6.61. The first kappa shape index (κ1) is 69.5. The Balaban J connectivity index is 0.000000101. The largest absolute Gasteiger partial charge is 0.456 e. The number of aromatic nitrogens is 3. The Labute approximate surface area is 702 Å². The van der Waals surface area contributed by atoms with E-state index in [4.69, 9.17) is 26.5 Å². The number of hydrogen-bond acceptors (Lipinski definition) is 6. The zero-order valence-electron chi connectivity index (χ0n) is 66.1. The molecule has 0 fully saturated rings. The van der Waals surface area contributed by atoms with Gasteiger partial charge in [-0.25, -0.2) is 0 Å². The Morgan fingerprint density at radius 2 is 0.455 bits per heavy atom. The lowest BCUT2D eigenvalue weighted by Gasteiger charge is -2.09. The molecule has 27 aromatic rings. The van der Waals surface area contributed by atoms with Crippen LogP contribution < -0.4 is 0 Å². The van der Waals surface area contributed by atoms with Crippen LogP contribution in [0.3, 0.4) is 0 Å². The number of nitrogens with zero attached hydrogens (tertiary/aromatic N) is 3. The van der Waals surface area contributed by atoms with Gasteiger partial charge < -0.3 is 40.2 Å². The van der Waals surface area contributed by atoms with E-state index in [1.54, 1.807) is 0 Å². The van der Waals surface area contributed by atoms with Gasteiger partial charge in [-0.05, 0) is 225 Å². The summed E-state index contributed by atoms with van der Waals surface area (Å²) < 4.78 is 45.2. The summed E-state index contributed by atoms with van der Waals surface area (Å²) in [6.45, 7) is 0. The summed E-state index contributed by atoms with van der Waals surface area (Å²) in [6, 6.07) is 147. The van der Waals surface area contributed by atoms with Crippen LogP contribution >= 0.6 is 0 Å². The Kier molecular flexibility index (Phi) is 15.8. The van der Waals surface area contributed by atoms with Crippen molar-refractivity contribution in [1.82, 2.24) is 13.7 Å². The number of hydrogen-bond donors (Lipinski definition) is 0. The quantitative estimate of drug-likeness (QED) is 0.143. The highest BCUT2D eigenvalue weighted by molar-refractivity contribution is 6.21. The van der Waals surface area contributed by atoms with Gasteiger partial charge in [0.15, 0.2) is 16.7 Å². The van der Waals surface area contributed by atoms with Crippen molar-refractivity contribution in [3.05, 3.63) is 419 Å². The zero-order chi connectivity index (χ0) is 80.7. The molecule has 0 aliphatic heterocycles. The Morgan fingerprint density at radius 3 is 0.976 bits per heavy atom. The van der Waals surface area contributed by atoms with Crippen LogP contribution in [-0.2, 0) is 0 Å². The summed E-state index contributed by atoms with van der Waals surface area (Å²) in [7, 11) is 0. The first-order valence-electron chi connectivity index (χ1n) is 41.6. The van der Waals surface area contributed by atoms with Crippen molar-refractivity contribution in [2.75, 3.05) is 0 Å². The summed E-state index contributed by atoms with van der Waals surface area (Å²) >= 11 is 0. The predicted octanol–water partition coefficient (Wildman–Crippen LogP) is 32.3. The molecule has 0 saturated carbocycles. The molecule has 9 nitrogen and oxygen atoms in total. The number of rotatable bonds is 9. The summed E-state index contributed by atoms with van der Waals surface area (Å²) in [4.78, 5) is 0. The van der Waals surface area contributed by atoms with Crippen LogP contribution in [0.4, 0.5) is 0 Å². The van der Waals surface area contributed by atoms with Crippen LogP contribution in [0, 0.1) is 0 Å². The molecule has 576 valence electrons. The Morgan fingerprint density at radius 1 is 0.146 bits per heavy atom. The van der Waals surface area contributed by atoms with Crippen LogP contribution in [0.5, 0.6) is 0 Å². The van der Waals surface area contributed by atoms with E-state index in [0.717, 1.165) is 232 Å². The van der Waals surface area contributed by atoms with Gasteiger partial charge in [0.25, 0.3) is 0 Å². The molecule has 0 radical (unpaired) electrons. The maximum absolute atomic E-state index is 6.61. The molecule has 0 unspecified atom stereocenters. The summed E-state index contributed by atoms with van der Waals surface area (Å²) in [5.41, 5.74) is 34.7. The van der Waals surface area contributed by atoms with E-state index in [9.17, 15) is 0 Å². The van der Waals surface area contributed by atoms with Gasteiger partial charge in [-0.1, -0.05) is 255 Å². The summed E-state index contributed by atoms with van der Waals surface area (Å²) in [6.07, 6.45) is 0. The van der Waals surface area contributed by atoms with E-state index >= 15 is 0 Å². The van der Waals surface area contributed by atoms with Gasteiger partial charge in [0.05, 0.1) is 16.6 Å². The molecule has 0 aliphatic rings. The van der Waals surface area contributed by atoms with Crippen molar-refractivity contribution in [3.8, 4) is 83.8 Å². The van der Waals surface area contributed by atoms with Crippen molar-refractivity contribution in [3.63, 3.8) is 0 Å². The fourth-order valence-corrected chi connectivity index (χ4v) is 19.0. The number of fused-ring (bicyclic) bond motifs is 24. The molecule has 0 saturated heterocycles. The van der Waals surface area contributed by atoms with Crippen molar-refractivity contribution >= 4 is 165 Å². The van der Waals surface area contributed by atoms with Gasteiger partial charge >= 0.3 is 0 Å². The monoisotopic (exact) mass is 1580 g/mol. The predicted molar refractivity (Wildman–Crippen MR) is 506 cm³/mol. The van der Waals surface area contributed by atoms with Crippen LogP contribution in [0.15, 0.2) is 445 Å². The molecular weight excluding hydrogens is 1510 g/mol. The SMILES string of the molecule is c1ccc(-n2c3ccccc3c3oc4cc(-c5cccc(-c6ccc7oc8ccccc8c7c6)c5)ccc4c32)cc1.c1ccc(-n2c3ccccc3c3oc4cc(-c5cccc(-c6cccc7oc8ccccc8c67)c5)ccc4c32)cc1.c1ccc(-n2c3ccccc3c3oc4ccc(-c5cccc(-c6cccc7c6oc6ccccc67)c5)cc4c32)cc1. The molecule has 9 heteroatoms. The van der Waals surface area contributed by atoms with Crippen LogP contribution in [0.1, 0.15) is 0 Å². The number of para-hydroxylation sites is 10. The minimum atomic E-state index is 0.885. The Hall–Kier alpha value is -16.6. The fourth-order valence-electron chi connectivity index (χ4n) is 19.0. The molecule has 123 heavy (non-hydrogen) atoms. The molecule has 0 atom stereocenters. The molecular formula is C114H69N3O6. The first-order chi connectivity index (χ1) is 61.0. The highest BCUT2D eigenvalue weighted by Crippen LogP contribution is 2.47. The molecule has 9 heterocycles. The van der Waals surface area contributed by atoms with Crippen LogP contribution in [-0.4, -0.2) is 13.7 Å². The second kappa shape index (κ2) is 28.0. The van der Waals surface area contributed by atoms with E-state index in [-0.39, 0.29) is 0 Å². The molecule has 27 rings (SSSR count). The normalized spacial score (nSPS) is 11.9. The summed E-state index contributed by atoms with van der Waals surface area (Å²) in [5, 5.41) is 13.5. The molecule has 0 spiro atoms. The van der Waals surface area contributed by atoms with Crippen molar-refractivity contribution in [1.29, 1.82) is 0 Å². The summed E-state index contributed by atoms with van der Waals surface area (Å²) in [5.74, 6) is 0. The topological polar surface area (TPSA) is 93.6 Å². The Bertz CT molecular complexity index is 8900. The molecule has 18 aromatic carbocycles. The minimum absolute atomic E-state index is 0.885. The fraction of sp³-hybridized carbons (Fsp3) is 0. The van der Waals surface area contributed by atoms with E-state index in [1.807, 2.05) is 42.5 Å². The third-order valence-electron chi connectivity index (χ3n) is 24.6. The molecule has 0 N–H and O–H groups in total. The van der Waals surface area contributed by atoms with Gasteiger partial charge in [-0.15, -0.1) is 0 Å². The second-order valence-electron chi connectivity index (χ2n) is 31.6. The molecule has 0 bridgehead atoms. The van der Waals surface area contributed by atoms with Gasteiger partial charge in [-0.3, -0.25) is 0 Å². The highest BCUT2D eigenvalue weighted by atomic mass is 16.4. The van der Waals surface area contributed by atoms with E-state index in [0.29, 0.717) is 0 Å². The van der Waals surface area contributed by atoms with Gasteiger partial charge in [0.1, 0.15) is 66.8 Å². The van der Waals surface area contributed by atoms with Crippen molar-refractivity contribution in [2.24, 2.45) is 0 Å². The van der Waals surface area contributed by atoms with Crippen molar-refractivity contribution < 1.29 is 26.5 Å². The van der Waals surface area contributed by atoms with E-state index < -0.39 is 0 Å². The van der Waals surface area contributed by atoms with E-state index in [1.165, 1.54) is 16.7 Å². The minimum Gasteiger partial charge on any atom is -0.456 e. The average molecular weight is 1580 g/mol. The zero-order valence-corrected chi connectivity index (χ0v) is 66.1. The smallest absolute Gasteiger partial charge is 0.161 e. The van der Waals surface area contributed by atoms with E-state index in [2.05, 4.69) is 390 Å². The highest BCUT2D eigenvalue weighted by Gasteiger charge is 2.25. The number of furan rings is 6. The van der Waals surface area contributed by atoms with Gasteiger partial charge in [0.2, 0.25) is 0 Å². The first-order valence-corrected chi connectivity index (χ1v) is 41.6. The van der Waals surface area contributed by atoms with Crippen molar-refractivity contribution in [2.45, 2.75) is 0 Å². The van der Waals surface area contributed by atoms with Gasteiger partial charge in [0, 0.05) is 87.3 Å². The lowest BCUT2D eigenvalue weighted by Crippen LogP contribution is -1.92. The van der Waals surface area contributed by atoms with Gasteiger partial charge in [-0.2, -0.15) is 0 Å². The molecule has 0 aliphatic carbocycles. The van der Waals surface area contributed by atoms with Crippen LogP contribution in [0.2, 0.25) is 0 Å². The van der Waals surface area contributed by atoms with Crippen LogP contribution in [0.25, 0.3) is 249 Å². The standard InChI is InChI=1S/3C38H23NO2/c1-2-12-27(13-3-1)39-33-18-6-4-15-31(33)38-36(39)32-23-25(20-21-35(32)41-38)24-10-8-11-26(22-24)28-16-9-17-30-29-14-5-7-19-34(29)40-37(28)30;1-2-12-27(13-3-1)39-32-17-6-4-14-29(32)38-37(39)31-21-20-25(23-35(31)41-38)24-10-8-11-26(22-24)28-16-9-19-34-36(28)30-15-5-7-18-33(30)40-34;1-2-11-28(12-3-1)39-33-15-6-4-14-30(33)38-37(39)31-19-17-27(23-36(31)41-38)25-10-8-9-24(21-25)26-18-20-35-32(22-26)29-13-5-7-16-34(29)40-35/h3*1-23H. The maximum Gasteiger partial charge on any atom is 0.161 e. The average Bonchev–Trinajstić information content (AvgIpc) is 1.58. The molecule has 0 amide bonds. The second-order valence-corrected chi connectivity index (χ2v) is 31.6. The molecule has 9 aromatic heterocycles. The number of benzene rings is 18. The third kappa shape index (κ3) is 11.3. The lowest BCUT2D eigenvalue weighted by atomic mass is 9.95. The lowest BCUT2D eigenvalue weighted by molar-refractivity contribution is 0.668. The third-order valence-corrected chi connectivity index (χ3v) is 24.6.